The number of rotatable bonds is 5. The van der Waals surface area contributed by atoms with E-state index in [1.165, 1.54) is 7.11 Å². The van der Waals surface area contributed by atoms with Crippen LogP contribution in [0.1, 0.15) is 23.2 Å². The first-order chi connectivity index (χ1) is 8.54. The van der Waals surface area contributed by atoms with Gasteiger partial charge in [0.15, 0.2) is 0 Å². The molecule has 0 saturated heterocycles. The summed E-state index contributed by atoms with van der Waals surface area (Å²) >= 11 is 0. The molecule has 0 radical (unpaired) electrons. The minimum Gasteiger partial charge on any atom is -0.469 e. The van der Waals surface area contributed by atoms with Gasteiger partial charge >= 0.3 is 5.97 Å². The average Bonchev–Trinajstić information content (AvgIpc) is 2.38. The molecule has 0 fully saturated rings. The maximum atomic E-state index is 12.0. The largest absolute Gasteiger partial charge is 0.469 e. The molecule has 1 aromatic rings. The topological polar surface area (TPSA) is 72.6 Å². The zero-order valence-electron chi connectivity index (χ0n) is 11.1. The van der Waals surface area contributed by atoms with Crippen molar-refractivity contribution in [3.05, 3.63) is 29.8 Å². The molecule has 0 spiro atoms. The number of nitrogens with zero attached hydrogens (tertiary/aromatic N) is 1. The molecule has 0 atom stereocenters. The second kappa shape index (κ2) is 8.37. The van der Waals surface area contributed by atoms with E-state index in [-0.39, 0.29) is 24.3 Å². The Balaban J connectivity index is 0.00000324. The number of methoxy groups -OCH3 is 1. The minimum absolute atomic E-state index is 0. The molecule has 106 valence electrons. The second-order valence-corrected chi connectivity index (χ2v) is 4.03. The van der Waals surface area contributed by atoms with Crippen molar-refractivity contribution in [1.29, 1.82) is 0 Å². The number of benzene rings is 1. The van der Waals surface area contributed by atoms with Crippen LogP contribution < -0.4 is 5.73 Å². The molecule has 19 heavy (non-hydrogen) atoms. The average molecular weight is 287 g/mol. The van der Waals surface area contributed by atoms with Crippen LogP contribution in [0.2, 0.25) is 0 Å². The number of nitrogen functional groups attached to an aromatic ring is 1. The van der Waals surface area contributed by atoms with Crippen molar-refractivity contribution in [2.24, 2.45) is 0 Å². The summed E-state index contributed by atoms with van der Waals surface area (Å²) in [5.41, 5.74) is 6.77. The van der Waals surface area contributed by atoms with Crippen LogP contribution in [0.5, 0.6) is 0 Å². The van der Waals surface area contributed by atoms with Crippen molar-refractivity contribution < 1.29 is 14.3 Å². The number of carbonyl (C=O) groups is 2. The molecule has 0 aliphatic rings. The van der Waals surface area contributed by atoms with Crippen LogP contribution >= 0.6 is 12.4 Å². The Bertz CT molecular complexity index is 420. The zero-order valence-corrected chi connectivity index (χ0v) is 11.9. The molecule has 5 nitrogen and oxygen atoms in total. The fraction of sp³-hybridized carbons (Fsp3) is 0.385. The van der Waals surface area contributed by atoms with Gasteiger partial charge in [0.25, 0.3) is 5.91 Å². The van der Waals surface area contributed by atoms with Gasteiger partial charge in [-0.1, -0.05) is 0 Å². The number of anilines is 1. The van der Waals surface area contributed by atoms with Crippen LogP contribution in [0.4, 0.5) is 5.69 Å². The van der Waals surface area contributed by atoms with Crippen LogP contribution in [0.25, 0.3) is 0 Å². The van der Waals surface area contributed by atoms with Crippen LogP contribution in [0.15, 0.2) is 24.3 Å². The van der Waals surface area contributed by atoms with Crippen molar-refractivity contribution in [2.45, 2.75) is 12.8 Å². The Morgan fingerprint density at radius 2 is 1.84 bits per heavy atom. The molecule has 1 rings (SSSR count). The first kappa shape index (κ1) is 17.2. The molecule has 1 aromatic carbocycles. The molecule has 0 bridgehead atoms. The number of ether oxygens (including phenoxy) is 1. The van der Waals surface area contributed by atoms with Gasteiger partial charge in [-0.3, -0.25) is 9.59 Å². The van der Waals surface area contributed by atoms with E-state index in [2.05, 4.69) is 4.74 Å². The summed E-state index contributed by atoms with van der Waals surface area (Å²) in [5, 5.41) is 0. The quantitative estimate of drug-likeness (QED) is 0.661. The van der Waals surface area contributed by atoms with E-state index in [1.54, 1.807) is 36.2 Å². The predicted molar refractivity (Wildman–Crippen MR) is 76.3 cm³/mol. The summed E-state index contributed by atoms with van der Waals surface area (Å²) in [6.45, 7) is 0.512. The van der Waals surface area contributed by atoms with E-state index in [4.69, 9.17) is 5.73 Å². The van der Waals surface area contributed by atoms with E-state index >= 15 is 0 Å². The molecule has 0 aliphatic carbocycles. The third kappa shape index (κ3) is 5.61. The number of hydrogen-bond donors (Lipinski definition) is 1. The molecule has 0 saturated carbocycles. The number of amides is 1. The van der Waals surface area contributed by atoms with Crippen LogP contribution in [-0.2, 0) is 9.53 Å². The summed E-state index contributed by atoms with van der Waals surface area (Å²) in [6.07, 6.45) is 0.903. The summed E-state index contributed by atoms with van der Waals surface area (Å²) < 4.78 is 4.53. The van der Waals surface area contributed by atoms with Gasteiger partial charge in [-0.05, 0) is 30.7 Å². The van der Waals surface area contributed by atoms with Crippen molar-refractivity contribution in [3.8, 4) is 0 Å². The normalized spacial score (nSPS) is 9.37. The third-order valence-electron chi connectivity index (χ3n) is 2.61. The number of nitrogens with two attached hydrogens (primary N) is 1. The van der Waals surface area contributed by atoms with Crippen LogP contribution in [0, 0.1) is 0 Å². The zero-order chi connectivity index (χ0) is 13.5. The SMILES string of the molecule is COC(=O)CCCN(C)C(=O)c1ccc(N)cc1.Cl. The molecular formula is C13H19ClN2O3. The Morgan fingerprint density at radius 1 is 1.26 bits per heavy atom. The summed E-state index contributed by atoms with van der Waals surface area (Å²) in [7, 11) is 3.06. The molecule has 0 aliphatic heterocycles. The molecule has 2 N–H and O–H groups in total. The van der Waals surface area contributed by atoms with E-state index in [9.17, 15) is 9.59 Å². The molecule has 0 heterocycles. The van der Waals surface area contributed by atoms with Crippen molar-refractivity contribution in [1.82, 2.24) is 4.90 Å². The Labute approximate surface area is 119 Å². The molecular weight excluding hydrogens is 268 g/mol. The van der Waals surface area contributed by atoms with Gasteiger partial charge in [0.2, 0.25) is 0 Å². The fourth-order valence-electron chi connectivity index (χ4n) is 1.51. The van der Waals surface area contributed by atoms with Gasteiger partial charge in [-0.2, -0.15) is 0 Å². The summed E-state index contributed by atoms with van der Waals surface area (Å²) in [4.78, 5) is 24.5. The van der Waals surface area contributed by atoms with Gasteiger partial charge in [0.1, 0.15) is 0 Å². The van der Waals surface area contributed by atoms with E-state index < -0.39 is 0 Å². The first-order valence-electron chi connectivity index (χ1n) is 5.72. The van der Waals surface area contributed by atoms with Gasteiger partial charge in [0.05, 0.1) is 7.11 Å². The first-order valence-corrected chi connectivity index (χ1v) is 5.72. The second-order valence-electron chi connectivity index (χ2n) is 4.03. The maximum Gasteiger partial charge on any atom is 0.305 e. The van der Waals surface area contributed by atoms with Crippen molar-refractivity contribution in [2.75, 3.05) is 26.4 Å². The maximum absolute atomic E-state index is 12.0. The monoisotopic (exact) mass is 286 g/mol. The highest BCUT2D eigenvalue weighted by Crippen LogP contribution is 2.08. The molecule has 6 heteroatoms. The van der Waals surface area contributed by atoms with Gasteiger partial charge < -0.3 is 15.4 Å². The van der Waals surface area contributed by atoms with Crippen LogP contribution in [-0.4, -0.2) is 37.5 Å². The lowest BCUT2D eigenvalue weighted by atomic mass is 10.2. The highest BCUT2D eigenvalue weighted by Gasteiger charge is 2.11. The highest BCUT2D eigenvalue weighted by molar-refractivity contribution is 5.94. The van der Waals surface area contributed by atoms with E-state index in [1.807, 2.05) is 0 Å². The lowest BCUT2D eigenvalue weighted by molar-refractivity contribution is -0.140. The molecule has 0 aromatic heterocycles. The van der Waals surface area contributed by atoms with Gasteiger partial charge in [0, 0.05) is 31.3 Å². The van der Waals surface area contributed by atoms with Crippen molar-refractivity contribution >= 4 is 30.0 Å². The van der Waals surface area contributed by atoms with Gasteiger partial charge in [-0.15, -0.1) is 12.4 Å². The lowest BCUT2D eigenvalue weighted by Gasteiger charge is -2.16. The predicted octanol–water partition coefficient (Wildman–Crippen LogP) is 1.72. The Hall–Kier alpha value is -1.75. The number of carbonyl (C=O) groups excluding carboxylic acids is 2. The van der Waals surface area contributed by atoms with E-state index in [0.29, 0.717) is 30.6 Å². The standard InChI is InChI=1S/C13H18N2O3.ClH/c1-15(9-3-4-12(16)18-2)13(17)10-5-7-11(14)8-6-10;/h5-8H,3-4,9,14H2,1-2H3;1H. The number of esters is 1. The smallest absolute Gasteiger partial charge is 0.305 e. The van der Waals surface area contributed by atoms with Crippen LogP contribution in [0.3, 0.4) is 0 Å². The molecule has 1 amide bonds. The Kier molecular flexibility index (Phi) is 7.60. The third-order valence-corrected chi connectivity index (χ3v) is 2.61. The number of halogens is 1. The van der Waals surface area contributed by atoms with Crippen molar-refractivity contribution in [3.63, 3.8) is 0 Å². The fourth-order valence-corrected chi connectivity index (χ4v) is 1.51. The van der Waals surface area contributed by atoms with Gasteiger partial charge in [-0.25, -0.2) is 0 Å². The lowest BCUT2D eigenvalue weighted by Crippen LogP contribution is -2.28. The Morgan fingerprint density at radius 3 is 2.37 bits per heavy atom. The summed E-state index contributed by atoms with van der Waals surface area (Å²) in [5.74, 6) is -0.344. The molecule has 0 unspecified atom stereocenters. The minimum atomic E-state index is -0.261. The number of hydrogen-bond acceptors (Lipinski definition) is 4. The van der Waals surface area contributed by atoms with E-state index in [0.717, 1.165) is 0 Å². The highest BCUT2D eigenvalue weighted by atomic mass is 35.5. The summed E-state index contributed by atoms with van der Waals surface area (Å²) in [6, 6.07) is 6.76.